The van der Waals surface area contributed by atoms with Crippen LogP contribution in [0, 0.1) is 22.7 Å². The molecule has 0 saturated heterocycles. The second kappa shape index (κ2) is 8.60. The van der Waals surface area contributed by atoms with E-state index in [0.717, 1.165) is 11.8 Å². The average molecular weight is 345 g/mol. The van der Waals surface area contributed by atoms with E-state index in [0.29, 0.717) is 29.8 Å². The second-order valence-corrected chi connectivity index (χ2v) is 5.58. The van der Waals surface area contributed by atoms with E-state index >= 15 is 0 Å². The summed E-state index contributed by atoms with van der Waals surface area (Å²) in [5, 5.41) is 25.6. The number of nitrogens with two attached hydrogens (primary N) is 1. The normalized spacial score (nSPS) is 10.1. The number of rotatable bonds is 8. The highest BCUT2D eigenvalue weighted by Gasteiger charge is 2.18. The van der Waals surface area contributed by atoms with Gasteiger partial charge in [-0.1, -0.05) is 11.8 Å². The van der Waals surface area contributed by atoms with Crippen LogP contribution in [0.3, 0.4) is 0 Å². The number of furan rings is 1. The number of carbonyl (C=O) groups is 1. The largest absolute Gasteiger partial charge is 0.461 e. The highest BCUT2D eigenvalue weighted by atomic mass is 32.2. The molecule has 0 aliphatic rings. The molecule has 0 aliphatic heterocycles. The van der Waals surface area contributed by atoms with E-state index in [-0.39, 0.29) is 24.5 Å². The maximum atomic E-state index is 12.2. The third kappa shape index (κ3) is 4.27. The maximum absolute atomic E-state index is 12.2. The van der Waals surface area contributed by atoms with Crippen molar-refractivity contribution in [2.45, 2.75) is 18.0 Å². The number of nitriles is 2. The van der Waals surface area contributed by atoms with Crippen molar-refractivity contribution >= 4 is 17.7 Å². The van der Waals surface area contributed by atoms with Crippen molar-refractivity contribution in [3.8, 4) is 23.7 Å². The topological polar surface area (TPSA) is 138 Å². The summed E-state index contributed by atoms with van der Waals surface area (Å²) in [5.74, 6) is 6.66. The van der Waals surface area contributed by atoms with E-state index in [1.807, 2.05) is 12.1 Å². The monoisotopic (exact) mass is 345 g/mol. The van der Waals surface area contributed by atoms with Crippen molar-refractivity contribution in [1.82, 2.24) is 19.8 Å². The van der Waals surface area contributed by atoms with Crippen molar-refractivity contribution in [1.29, 1.82) is 10.5 Å². The Morgan fingerprint density at radius 2 is 2.04 bits per heavy atom. The fraction of sp³-hybridized carbons (Fsp3) is 0.357. The Balaban J connectivity index is 1.97. The van der Waals surface area contributed by atoms with E-state index in [2.05, 4.69) is 10.2 Å². The van der Waals surface area contributed by atoms with Gasteiger partial charge < -0.3 is 15.2 Å². The summed E-state index contributed by atoms with van der Waals surface area (Å²) >= 11 is 1.13. The second-order valence-electron chi connectivity index (χ2n) is 4.64. The van der Waals surface area contributed by atoms with Gasteiger partial charge in [0.05, 0.1) is 37.0 Å². The summed E-state index contributed by atoms with van der Waals surface area (Å²) in [4.78, 5) is 13.7. The lowest BCUT2D eigenvalue weighted by Gasteiger charge is -2.19. The van der Waals surface area contributed by atoms with Crippen molar-refractivity contribution < 1.29 is 9.21 Å². The van der Waals surface area contributed by atoms with E-state index in [9.17, 15) is 4.79 Å². The number of nitrogen functional groups attached to an aromatic ring is 1. The quantitative estimate of drug-likeness (QED) is 0.552. The van der Waals surface area contributed by atoms with Gasteiger partial charge in [0, 0.05) is 13.1 Å². The number of thioether (sulfide) groups is 1. The van der Waals surface area contributed by atoms with E-state index in [1.54, 1.807) is 12.1 Å². The van der Waals surface area contributed by atoms with Gasteiger partial charge in [0.15, 0.2) is 5.76 Å². The SMILES string of the molecule is N#CCCN(CCC#N)C(=O)CSc1nnc(-c2ccco2)n1N. The zero-order valence-electron chi connectivity index (χ0n) is 12.8. The van der Waals surface area contributed by atoms with Crippen molar-refractivity contribution in [2.24, 2.45) is 0 Å². The molecule has 0 atom stereocenters. The van der Waals surface area contributed by atoms with E-state index < -0.39 is 0 Å². The molecule has 2 aromatic heterocycles. The number of hydrogen-bond acceptors (Lipinski definition) is 8. The van der Waals surface area contributed by atoms with Crippen LogP contribution in [0.25, 0.3) is 11.6 Å². The first kappa shape index (κ1) is 17.4. The van der Waals surface area contributed by atoms with Crippen molar-refractivity contribution in [2.75, 3.05) is 24.7 Å². The van der Waals surface area contributed by atoms with Gasteiger partial charge in [-0.3, -0.25) is 4.79 Å². The Hall–Kier alpha value is -2.98. The van der Waals surface area contributed by atoms with Gasteiger partial charge in [0.1, 0.15) is 0 Å². The van der Waals surface area contributed by atoms with Gasteiger partial charge >= 0.3 is 0 Å². The molecule has 0 unspecified atom stereocenters. The first-order valence-corrected chi connectivity index (χ1v) is 8.04. The minimum atomic E-state index is -0.187. The van der Waals surface area contributed by atoms with Crippen LogP contribution >= 0.6 is 11.8 Å². The van der Waals surface area contributed by atoms with Crippen LogP contribution in [0.4, 0.5) is 0 Å². The average Bonchev–Trinajstić information content (AvgIpc) is 3.22. The Labute approximate surface area is 142 Å². The summed E-state index contributed by atoms with van der Waals surface area (Å²) in [6.45, 7) is 0.592. The van der Waals surface area contributed by atoms with Crippen LogP contribution < -0.4 is 5.84 Å². The molecule has 0 aromatic carbocycles. The third-order valence-electron chi connectivity index (χ3n) is 3.07. The smallest absolute Gasteiger partial charge is 0.233 e. The first-order chi connectivity index (χ1) is 11.7. The number of carbonyl (C=O) groups excluding carboxylic acids is 1. The van der Waals surface area contributed by atoms with Crippen molar-refractivity contribution in [3.05, 3.63) is 18.4 Å². The summed E-state index contributed by atoms with van der Waals surface area (Å²) in [6, 6.07) is 7.40. The molecule has 0 bridgehead atoms. The summed E-state index contributed by atoms with van der Waals surface area (Å²) < 4.78 is 6.47. The van der Waals surface area contributed by atoms with Crippen LogP contribution in [0.1, 0.15) is 12.8 Å². The highest BCUT2D eigenvalue weighted by molar-refractivity contribution is 7.99. The number of nitrogens with zero attached hydrogens (tertiary/aromatic N) is 6. The van der Waals surface area contributed by atoms with Gasteiger partial charge in [-0.05, 0) is 12.1 Å². The van der Waals surface area contributed by atoms with Gasteiger partial charge in [-0.25, -0.2) is 4.68 Å². The van der Waals surface area contributed by atoms with Gasteiger partial charge in [0.2, 0.25) is 16.9 Å². The molecule has 0 radical (unpaired) electrons. The Kier molecular flexibility index (Phi) is 6.23. The molecule has 124 valence electrons. The standard InChI is InChI=1S/C14H15N7O2S/c15-5-2-7-20(8-3-6-16)12(22)10-24-14-19-18-13(21(14)17)11-4-1-9-23-11/h1,4,9H,2-3,7-8,10,17H2. The van der Waals surface area contributed by atoms with E-state index in [1.165, 1.54) is 15.8 Å². The molecule has 0 aliphatic carbocycles. The molecule has 10 heteroatoms. The lowest BCUT2D eigenvalue weighted by molar-refractivity contribution is -0.128. The molecular formula is C14H15N7O2S. The van der Waals surface area contributed by atoms with Gasteiger partial charge in [-0.2, -0.15) is 10.5 Å². The Bertz CT molecular complexity index is 739. The molecule has 2 N–H and O–H groups in total. The Morgan fingerprint density at radius 1 is 1.33 bits per heavy atom. The predicted molar refractivity (Wildman–Crippen MR) is 85.6 cm³/mol. The molecule has 0 fully saturated rings. The Morgan fingerprint density at radius 3 is 2.62 bits per heavy atom. The highest BCUT2D eigenvalue weighted by Crippen LogP contribution is 2.22. The van der Waals surface area contributed by atoms with E-state index in [4.69, 9.17) is 20.8 Å². The maximum Gasteiger partial charge on any atom is 0.233 e. The van der Waals surface area contributed by atoms with Gasteiger partial charge in [-0.15, -0.1) is 10.2 Å². The van der Waals surface area contributed by atoms with Crippen LogP contribution in [0.5, 0.6) is 0 Å². The molecule has 0 spiro atoms. The molecule has 1 amide bonds. The fourth-order valence-corrected chi connectivity index (χ4v) is 2.66. The molecule has 9 nitrogen and oxygen atoms in total. The van der Waals surface area contributed by atoms with Crippen LogP contribution in [0.15, 0.2) is 28.0 Å². The number of aromatic nitrogens is 3. The molecular weight excluding hydrogens is 330 g/mol. The zero-order chi connectivity index (χ0) is 17.4. The summed E-state index contributed by atoms with van der Waals surface area (Å²) in [6.07, 6.45) is 1.94. The minimum Gasteiger partial charge on any atom is -0.461 e. The summed E-state index contributed by atoms with van der Waals surface area (Å²) in [7, 11) is 0. The lowest BCUT2D eigenvalue weighted by Crippen LogP contribution is -2.34. The van der Waals surface area contributed by atoms with Gasteiger partial charge in [0.25, 0.3) is 0 Å². The molecule has 0 saturated carbocycles. The van der Waals surface area contributed by atoms with Crippen LogP contribution in [-0.2, 0) is 4.79 Å². The minimum absolute atomic E-state index is 0.0876. The molecule has 2 rings (SSSR count). The number of hydrogen-bond donors (Lipinski definition) is 1. The van der Waals surface area contributed by atoms with Crippen LogP contribution in [-0.4, -0.2) is 44.5 Å². The van der Waals surface area contributed by atoms with Crippen LogP contribution in [0.2, 0.25) is 0 Å². The lowest BCUT2D eigenvalue weighted by atomic mass is 10.3. The molecule has 2 heterocycles. The third-order valence-corrected chi connectivity index (χ3v) is 4.00. The number of amides is 1. The fourth-order valence-electron chi connectivity index (χ4n) is 1.90. The first-order valence-electron chi connectivity index (χ1n) is 7.06. The van der Waals surface area contributed by atoms with Crippen molar-refractivity contribution in [3.63, 3.8) is 0 Å². The zero-order valence-corrected chi connectivity index (χ0v) is 13.6. The molecule has 24 heavy (non-hydrogen) atoms. The molecule has 2 aromatic rings. The summed E-state index contributed by atoms with van der Waals surface area (Å²) in [5.41, 5.74) is 0. The predicted octanol–water partition coefficient (Wildman–Crippen LogP) is 1.000.